The summed E-state index contributed by atoms with van der Waals surface area (Å²) in [6.45, 7) is 11.7. The maximum absolute atomic E-state index is 14.4. The molecule has 7 heteroatoms. The number of imidazole rings is 1. The predicted octanol–water partition coefficient (Wildman–Crippen LogP) is 6.50. The number of nitrogens with one attached hydrogen (secondary N) is 1. The summed E-state index contributed by atoms with van der Waals surface area (Å²) in [6, 6.07) is 3.67. The molecule has 0 aliphatic carbocycles. The van der Waals surface area contributed by atoms with Gasteiger partial charge in [0, 0.05) is 82.5 Å². The molecule has 3 aromatic rings. The number of aryl methyl sites for hydroxylation is 3. The first kappa shape index (κ1) is 28.2. The van der Waals surface area contributed by atoms with Crippen LogP contribution in [0.5, 0.6) is 0 Å². The van der Waals surface area contributed by atoms with Gasteiger partial charge < -0.3 is 14.6 Å². The molecule has 4 heterocycles. The summed E-state index contributed by atoms with van der Waals surface area (Å²) in [5.41, 5.74) is 6.21. The SMILES string of the molecule is CCCc1c(N2CCNC(C)(C)C2)ccnc1CCCCC(=O)CCCCc1cn2cc(C)nc2cc1F.[HH].[HH]. The second kappa shape index (κ2) is 12.8. The van der Waals surface area contributed by atoms with Gasteiger partial charge in [0.25, 0.3) is 0 Å². The highest BCUT2D eigenvalue weighted by Gasteiger charge is 2.27. The van der Waals surface area contributed by atoms with Crippen LogP contribution >= 0.6 is 0 Å². The number of hydrogen-bond donors (Lipinski definition) is 1. The van der Waals surface area contributed by atoms with Crippen LogP contribution in [-0.2, 0) is 24.1 Å². The van der Waals surface area contributed by atoms with Crippen LogP contribution in [0.25, 0.3) is 5.65 Å². The molecule has 1 fully saturated rings. The van der Waals surface area contributed by atoms with Crippen molar-refractivity contribution in [1.82, 2.24) is 19.7 Å². The van der Waals surface area contributed by atoms with E-state index in [0.29, 0.717) is 36.3 Å². The van der Waals surface area contributed by atoms with Gasteiger partial charge in [0.2, 0.25) is 0 Å². The predicted molar refractivity (Wildman–Crippen MR) is 157 cm³/mol. The zero-order chi connectivity index (χ0) is 27.1. The lowest BCUT2D eigenvalue weighted by Gasteiger charge is -2.41. The van der Waals surface area contributed by atoms with E-state index >= 15 is 0 Å². The van der Waals surface area contributed by atoms with Crippen molar-refractivity contribution in [2.75, 3.05) is 24.5 Å². The molecule has 0 spiro atoms. The number of ketones is 1. The van der Waals surface area contributed by atoms with Crippen molar-refractivity contribution in [2.24, 2.45) is 0 Å². The van der Waals surface area contributed by atoms with Gasteiger partial charge in [-0.2, -0.15) is 0 Å². The first-order valence-corrected chi connectivity index (χ1v) is 14.4. The monoisotopic (exact) mass is 525 g/mol. The number of carbonyl (C=O) groups excluding carboxylic acids is 1. The Balaban J connectivity index is 0.00000280. The van der Waals surface area contributed by atoms with E-state index in [4.69, 9.17) is 4.98 Å². The Morgan fingerprint density at radius 1 is 1.13 bits per heavy atom. The quantitative estimate of drug-likeness (QED) is 0.258. The third-order valence-corrected chi connectivity index (χ3v) is 7.54. The Morgan fingerprint density at radius 3 is 2.63 bits per heavy atom. The van der Waals surface area contributed by atoms with Gasteiger partial charge in [-0.25, -0.2) is 9.37 Å². The van der Waals surface area contributed by atoms with Gasteiger partial charge >= 0.3 is 0 Å². The molecule has 0 aromatic carbocycles. The van der Waals surface area contributed by atoms with E-state index in [2.05, 4.69) is 42.0 Å². The summed E-state index contributed by atoms with van der Waals surface area (Å²) in [7, 11) is 0. The van der Waals surface area contributed by atoms with E-state index in [1.54, 1.807) is 0 Å². The minimum atomic E-state index is -0.213. The topological polar surface area (TPSA) is 62.5 Å². The number of Topliss-reactive ketones (excluding diaryl/α,β-unsaturated/α-hetero) is 1. The second-order valence-corrected chi connectivity index (χ2v) is 11.5. The van der Waals surface area contributed by atoms with Crippen LogP contribution in [-0.4, -0.2) is 45.3 Å². The molecule has 4 rings (SSSR count). The molecule has 3 aromatic heterocycles. The molecule has 0 unspecified atom stereocenters. The molecule has 6 nitrogen and oxygen atoms in total. The van der Waals surface area contributed by atoms with Gasteiger partial charge in [0.1, 0.15) is 17.2 Å². The number of halogens is 1. The number of fused-ring (bicyclic) bond motifs is 1. The molecule has 38 heavy (non-hydrogen) atoms. The van der Waals surface area contributed by atoms with Gasteiger partial charge in [-0.05, 0) is 77.3 Å². The molecular weight excluding hydrogens is 477 g/mol. The second-order valence-electron chi connectivity index (χ2n) is 11.5. The Kier molecular flexibility index (Phi) is 9.53. The van der Waals surface area contributed by atoms with Crippen molar-refractivity contribution in [3.05, 3.63) is 59.1 Å². The zero-order valence-electron chi connectivity index (χ0n) is 23.7. The molecule has 1 aliphatic heterocycles. The normalized spacial score (nSPS) is 15.3. The van der Waals surface area contributed by atoms with E-state index in [1.165, 1.54) is 23.0 Å². The third kappa shape index (κ3) is 7.40. The van der Waals surface area contributed by atoms with Crippen molar-refractivity contribution in [3.63, 3.8) is 0 Å². The van der Waals surface area contributed by atoms with Crippen LogP contribution in [0.15, 0.2) is 30.7 Å². The largest absolute Gasteiger partial charge is 0.368 e. The van der Waals surface area contributed by atoms with Crippen LogP contribution in [0, 0.1) is 12.7 Å². The highest BCUT2D eigenvalue weighted by atomic mass is 19.1. The lowest BCUT2D eigenvalue weighted by Crippen LogP contribution is -2.57. The summed E-state index contributed by atoms with van der Waals surface area (Å²) in [6.07, 6.45) is 14.0. The molecule has 1 saturated heterocycles. The minimum absolute atomic E-state index is 0. The van der Waals surface area contributed by atoms with Crippen molar-refractivity contribution >= 4 is 17.1 Å². The number of unbranched alkanes of at least 4 members (excludes halogenated alkanes) is 2. The van der Waals surface area contributed by atoms with E-state index in [1.807, 2.05) is 29.9 Å². The van der Waals surface area contributed by atoms with E-state index in [0.717, 1.165) is 70.3 Å². The summed E-state index contributed by atoms with van der Waals surface area (Å²) >= 11 is 0. The number of hydrogen-bond acceptors (Lipinski definition) is 5. The lowest BCUT2D eigenvalue weighted by atomic mass is 9.97. The van der Waals surface area contributed by atoms with Crippen molar-refractivity contribution < 1.29 is 12.0 Å². The van der Waals surface area contributed by atoms with E-state index in [9.17, 15) is 9.18 Å². The van der Waals surface area contributed by atoms with Gasteiger partial charge in [-0.1, -0.05) is 13.3 Å². The summed E-state index contributed by atoms with van der Waals surface area (Å²) in [5.74, 6) is 0.0971. The van der Waals surface area contributed by atoms with Gasteiger partial charge in [0.05, 0.1) is 5.69 Å². The average molecular weight is 526 g/mol. The van der Waals surface area contributed by atoms with Crippen LogP contribution in [0.3, 0.4) is 0 Å². The maximum Gasteiger partial charge on any atom is 0.139 e. The van der Waals surface area contributed by atoms with E-state index in [-0.39, 0.29) is 14.2 Å². The van der Waals surface area contributed by atoms with Crippen LogP contribution < -0.4 is 10.2 Å². The average Bonchev–Trinajstić information content (AvgIpc) is 3.23. The smallest absolute Gasteiger partial charge is 0.139 e. The molecule has 0 amide bonds. The fourth-order valence-electron chi connectivity index (χ4n) is 5.65. The number of nitrogens with zero attached hydrogens (tertiary/aromatic N) is 4. The lowest BCUT2D eigenvalue weighted by molar-refractivity contribution is -0.119. The number of piperazine rings is 1. The summed E-state index contributed by atoms with van der Waals surface area (Å²) < 4.78 is 16.2. The molecule has 0 saturated carbocycles. The Morgan fingerprint density at radius 2 is 1.89 bits per heavy atom. The standard InChI is InChI=1S/C31H44FN5O.2H2/c1-5-10-26-28(33-16-15-29(26)36-18-17-34-31(3,4)22-36)14-9-8-13-25(38)12-7-6-11-24-21-37-20-23(2)35-30(37)19-27(24)32;;/h15-16,19-21,34H,5-14,17-18,22H2,1-4H3;2*1H. The van der Waals surface area contributed by atoms with Gasteiger partial charge in [-0.3, -0.25) is 9.78 Å². The van der Waals surface area contributed by atoms with Crippen LogP contribution in [0.1, 0.15) is 91.1 Å². The number of pyridine rings is 2. The number of anilines is 1. The third-order valence-electron chi connectivity index (χ3n) is 7.54. The molecule has 0 radical (unpaired) electrons. The molecule has 1 aliphatic rings. The molecule has 0 atom stereocenters. The van der Waals surface area contributed by atoms with Crippen molar-refractivity contribution in [1.29, 1.82) is 0 Å². The fraction of sp³-hybridized carbons (Fsp3) is 0.581. The highest BCUT2D eigenvalue weighted by molar-refractivity contribution is 5.78. The van der Waals surface area contributed by atoms with E-state index < -0.39 is 0 Å². The minimum Gasteiger partial charge on any atom is -0.368 e. The highest BCUT2D eigenvalue weighted by Crippen LogP contribution is 2.28. The van der Waals surface area contributed by atoms with Gasteiger partial charge in [0.15, 0.2) is 0 Å². The first-order chi connectivity index (χ1) is 18.3. The maximum atomic E-state index is 14.4. The van der Waals surface area contributed by atoms with Gasteiger partial charge in [-0.15, -0.1) is 0 Å². The first-order valence-electron chi connectivity index (χ1n) is 14.4. The molecular formula is C31H48FN5O. The fourth-order valence-corrected chi connectivity index (χ4v) is 5.65. The Hall–Kier alpha value is -2.80. The summed E-state index contributed by atoms with van der Waals surface area (Å²) in [5, 5.41) is 3.60. The zero-order valence-corrected chi connectivity index (χ0v) is 23.7. The van der Waals surface area contributed by atoms with Crippen LogP contribution in [0.4, 0.5) is 10.1 Å². The Labute approximate surface area is 230 Å². The van der Waals surface area contributed by atoms with Crippen molar-refractivity contribution in [3.8, 4) is 0 Å². The van der Waals surface area contributed by atoms with Crippen molar-refractivity contribution in [2.45, 2.75) is 97.4 Å². The Bertz CT molecular complexity index is 1250. The number of carbonyl (C=O) groups is 1. The number of rotatable bonds is 13. The summed E-state index contributed by atoms with van der Waals surface area (Å²) in [4.78, 5) is 24.1. The number of aromatic nitrogens is 3. The van der Waals surface area contributed by atoms with Crippen LogP contribution in [0.2, 0.25) is 0 Å². The molecule has 1 N–H and O–H groups in total. The molecule has 0 bridgehead atoms. The molecule has 210 valence electrons.